The van der Waals surface area contributed by atoms with E-state index < -0.39 is 16.8 Å². The Balaban J connectivity index is 1.31. The lowest BCUT2D eigenvalue weighted by Crippen LogP contribution is -2.35. The second-order valence-corrected chi connectivity index (χ2v) is 11.0. The number of anilines is 2. The van der Waals surface area contributed by atoms with Gasteiger partial charge in [-0.25, -0.2) is 18.7 Å². The first-order valence-electron chi connectivity index (χ1n) is 14.1. The molecule has 4 heterocycles. The number of carbonyl (C=O) groups excluding carboxylic acids is 1. The van der Waals surface area contributed by atoms with Crippen molar-refractivity contribution in [2.75, 3.05) is 31.6 Å². The van der Waals surface area contributed by atoms with E-state index in [1.165, 1.54) is 30.3 Å². The van der Waals surface area contributed by atoms with Gasteiger partial charge in [-0.2, -0.15) is 4.68 Å². The standard InChI is InChI=1S/C30H28ClFN8O5/c1-18-13-27(35-38(18)30(41)45-24-7-5-23(6-8-24)40(42)43)34-28-15-21(17-37-9-11-44-12-10-37)29-33-19(2)26(39(29)36-28)14-20-3-4-22(31)16-25(20)32/h3-8,13,15-16H,9-12,14,17H2,1-2H3,(H,34,35,36). The number of nitro benzene ring substituents is 1. The number of benzene rings is 2. The average Bonchev–Trinajstić information content (AvgIpc) is 3.53. The van der Waals surface area contributed by atoms with E-state index in [1.54, 1.807) is 29.6 Å². The Morgan fingerprint density at radius 1 is 1.07 bits per heavy atom. The highest BCUT2D eigenvalue weighted by atomic mass is 35.5. The van der Waals surface area contributed by atoms with Gasteiger partial charge in [0.25, 0.3) is 5.69 Å². The van der Waals surface area contributed by atoms with Crippen molar-refractivity contribution in [2.45, 2.75) is 26.8 Å². The third-order valence-corrected chi connectivity index (χ3v) is 7.63. The number of nitrogens with zero attached hydrogens (tertiary/aromatic N) is 7. The Bertz CT molecular complexity index is 1900. The van der Waals surface area contributed by atoms with Crippen LogP contribution in [-0.4, -0.2) is 66.6 Å². The summed E-state index contributed by atoms with van der Waals surface area (Å²) >= 11 is 5.97. The summed E-state index contributed by atoms with van der Waals surface area (Å²) in [5, 5.41) is 23.6. The lowest BCUT2D eigenvalue weighted by Gasteiger charge is -2.26. The quantitative estimate of drug-likeness (QED) is 0.173. The van der Waals surface area contributed by atoms with Gasteiger partial charge >= 0.3 is 6.09 Å². The number of rotatable bonds is 8. The molecule has 15 heteroatoms. The molecule has 0 radical (unpaired) electrons. The Morgan fingerprint density at radius 3 is 2.51 bits per heavy atom. The maximum atomic E-state index is 14.8. The van der Waals surface area contributed by atoms with Crippen molar-refractivity contribution >= 4 is 40.7 Å². The van der Waals surface area contributed by atoms with Crippen molar-refractivity contribution in [3.63, 3.8) is 0 Å². The average molecular weight is 635 g/mol. The number of hydrogen-bond donors (Lipinski definition) is 1. The number of morpholine rings is 1. The van der Waals surface area contributed by atoms with Crippen LogP contribution in [0, 0.1) is 29.8 Å². The second kappa shape index (κ2) is 12.6. The van der Waals surface area contributed by atoms with Crippen LogP contribution >= 0.6 is 11.6 Å². The first-order chi connectivity index (χ1) is 21.6. The topological polar surface area (TPSA) is 142 Å². The van der Waals surface area contributed by atoms with Gasteiger partial charge in [-0.15, -0.1) is 10.2 Å². The molecule has 0 aliphatic carbocycles. The van der Waals surface area contributed by atoms with Crippen LogP contribution in [0.25, 0.3) is 5.65 Å². The van der Waals surface area contributed by atoms with Gasteiger partial charge in [-0.05, 0) is 49.7 Å². The summed E-state index contributed by atoms with van der Waals surface area (Å²) in [4.78, 5) is 30.3. The van der Waals surface area contributed by atoms with E-state index >= 15 is 0 Å². The highest BCUT2D eigenvalue weighted by Gasteiger charge is 2.21. The number of hydrogen-bond acceptors (Lipinski definition) is 10. The van der Waals surface area contributed by atoms with Gasteiger partial charge in [0, 0.05) is 54.8 Å². The molecule has 5 aromatic rings. The molecule has 3 aromatic heterocycles. The first kappa shape index (κ1) is 30.1. The van der Waals surface area contributed by atoms with E-state index in [2.05, 4.69) is 15.3 Å². The van der Waals surface area contributed by atoms with Gasteiger partial charge in [0.1, 0.15) is 11.6 Å². The minimum atomic E-state index is -0.789. The van der Waals surface area contributed by atoms with E-state index in [0.717, 1.165) is 23.3 Å². The van der Waals surface area contributed by atoms with Crippen LogP contribution in [-0.2, 0) is 17.7 Å². The summed E-state index contributed by atoms with van der Waals surface area (Å²) in [6.45, 7) is 6.94. The monoisotopic (exact) mass is 634 g/mol. The van der Waals surface area contributed by atoms with Crippen molar-refractivity contribution in [3.8, 4) is 5.75 Å². The number of nitro groups is 1. The number of nitrogens with one attached hydrogen (secondary N) is 1. The smallest absolute Gasteiger partial charge is 0.409 e. The van der Waals surface area contributed by atoms with Crippen LogP contribution in [0.15, 0.2) is 54.6 Å². The van der Waals surface area contributed by atoms with Gasteiger partial charge in [0.2, 0.25) is 0 Å². The summed E-state index contributed by atoms with van der Waals surface area (Å²) in [6, 6.07) is 13.3. The van der Waals surface area contributed by atoms with Crippen molar-refractivity contribution in [3.05, 3.63) is 104 Å². The van der Waals surface area contributed by atoms with Crippen LogP contribution in [0.4, 0.5) is 26.5 Å². The molecule has 2 aromatic carbocycles. The van der Waals surface area contributed by atoms with Gasteiger partial charge < -0.3 is 14.8 Å². The molecule has 45 heavy (non-hydrogen) atoms. The highest BCUT2D eigenvalue weighted by molar-refractivity contribution is 6.30. The van der Waals surface area contributed by atoms with Gasteiger partial charge in [-0.1, -0.05) is 17.7 Å². The van der Waals surface area contributed by atoms with Gasteiger partial charge in [0.15, 0.2) is 17.3 Å². The fraction of sp³-hybridized carbons (Fsp3) is 0.267. The summed E-state index contributed by atoms with van der Waals surface area (Å²) in [6.07, 6.45) is -0.547. The Kier molecular flexibility index (Phi) is 8.43. The zero-order valence-corrected chi connectivity index (χ0v) is 25.1. The number of fused-ring (bicyclic) bond motifs is 1. The molecule has 0 spiro atoms. The maximum absolute atomic E-state index is 14.8. The molecule has 6 rings (SSSR count). The molecule has 0 amide bonds. The summed E-state index contributed by atoms with van der Waals surface area (Å²) < 4.78 is 28.4. The zero-order chi connectivity index (χ0) is 31.7. The minimum Gasteiger partial charge on any atom is -0.409 e. The number of ether oxygens (including phenoxy) is 2. The molecule has 0 atom stereocenters. The fourth-order valence-electron chi connectivity index (χ4n) is 5.09. The number of carbonyl (C=O) groups is 1. The van der Waals surface area contributed by atoms with Gasteiger partial charge in [0.05, 0.1) is 35.2 Å². The number of aryl methyl sites for hydroxylation is 2. The molecule has 232 valence electrons. The largest absolute Gasteiger partial charge is 0.440 e. The lowest BCUT2D eigenvalue weighted by atomic mass is 10.1. The number of halogens is 2. The molecule has 0 unspecified atom stereocenters. The second-order valence-electron chi connectivity index (χ2n) is 10.6. The fourth-order valence-corrected chi connectivity index (χ4v) is 5.25. The van der Waals surface area contributed by atoms with E-state index in [1.807, 2.05) is 13.0 Å². The third kappa shape index (κ3) is 6.62. The van der Waals surface area contributed by atoms with Crippen LogP contribution < -0.4 is 10.1 Å². The zero-order valence-electron chi connectivity index (χ0n) is 24.4. The van der Waals surface area contributed by atoms with Crippen LogP contribution in [0.3, 0.4) is 0 Å². The maximum Gasteiger partial charge on any atom is 0.440 e. The molecule has 13 nitrogen and oxygen atoms in total. The van der Waals surface area contributed by atoms with E-state index in [4.69, 9.17) is 31.2 Å². The Labute approximate surface area is 261 Å². The minimum absolute atomic E-state index is 0.122. The SMILES string of the molecule is Cc1nc2c(CN3CCOCC3)cc(Nc3cc(C)n(C(=O)Oc4ccc([N+](=O)[O-])cc4)n3)nn2c1Cc1ccc(Cl)cc1F. The molecule has 0 saturated carbocycles. The first-order valence-corrected chi connectivity index (χ1v) is 14.4. The summed E-state index contributed by atoms with van der Waals surface area (Å²) in [7, 11) is 0. The summed E-state index contributed by atoms with van der Waals surface area (Å²) in [5.41, 5.74) is 3.80. The predicted molar refractivity (Wildman–Crippen MR) is 163 cm³/mol. The van der Waals surface area contributed by atoms with E-state index in [0.29, 0.717) is 64.7 Å². The molecule has 1 aliphatic rings. The molecule has 1 saturated heterocycles. The van der Waals surface area contributed by atoms with Crippen molar-refractivity contribution in [1.29, 1.82) is 0 Å². The van der Waals surface area contributed by atoms with E-state index in [-0.39, 0.29) is 17.9 Å². The van der Waals surface area contributed by atoms with Crippen molar-refractivity contribution in [2.24, 2.45) is 0 Å². The summed E-state index contributed by atoms with van der Waals surface area (Å²) in [5.74, 6) is 0.491. The lowest BCUT2D eigenvalue weighted by molar-refractivity contribution is -0.384. The third-order valence-electron chi connectivity index (χ3n) is 7.39. The number of non-ortho nitro benzene ring substituents is 1. The molecular formula is C30H28ClFN8O5. The Hall–Kier alpha value is -4.92. The molecule has 1 N–H and O–H groups in total. The highest BCUT2D eigenvalue weighted by Crippen LogP contribution is 2.26. The number of aromatic nitrogens is 5. The number of imidazole rings is 1. The van der Waals surface area contributed by atoms with Crippen LogP contribution in [0.1, 0.15) is 28.2 Å². The van der Waals surface area contributed by atoms with Gasteiger partial charge in [-0.3, -0.25) is 15.0 Å². The molecule has 0 bridgehead atoms. The molecular weight excluding hydrogens is 607 g/mol. The van der Waals surface area contributed by atoms with Crippen LogP contribution in [0.2, 0.25) is 5.02 Å². The predicted octanol–water partition coefficient (Wildman–Crippen LogP) is 5.46. The molecule has 1 aliphatic heterocycles. The Morgan fingerprint density at radius 2 is 1.80 bits per heavy atom. The van der Waals surface area contributed by atoms with Crippen LogP contribution in [0.5, 0.6) is 5.75 Å². The molecule has 1 fully saturated rings. The van der Waals surface area contributed by atoms with Crippen molar-refractivity contribution in [1.82, 2.24) is 29.3 Å². The normalized spacial score (nSPS) is 13.7. The van der Waals surface area contributed by atoms with Crippen molar-refractivity contribution < 1.29 is 23.6 Å². The van der Waals surface area contributed by atoms with E-state index in [9.17, 15) is 19.3 Å².